The molecule has 1 saturated heterocycles. The highest BCUT2D eigenvalue weighted by molar-refractivity contribution is 8.01. The van der Waals surface area contributed by atoms with Crippen LogP contribution in [0.5, 0.6) is 5.75 Å². The SMILES string of the molecule is FC(F)(F)c1cc2c(N[C@H]3c4ccccc4OCC3OCC3CCS3)ncnc2[nH]1. The van der Waals surface area contributed by atoms with Crippen LogP contribution in [0.1, 0.15) is 23.7 Å². The fourth-order valence-electron chi connectivity index (χ4n) is 3.65. The van der Waals surface area contributed by atoms with E-state index in [1.807, 2.05) is 36.0 Å². The molecule has 0 radical (unpaired) electrons. The first-order valence-corrected chi connectivity index (χ1v) is 10.7. The van der Waals surface area contributed by atoms with Gasteiger partial charge in [-0.15, -0.1) is 0 Å². The summed E-state index contributed by atoms with van der Waals surface area (Å²) < 4.78 is 51.5. The van der Waals surface area contributed by atoms with Gasteiger partial charge in [0.25, 0.3) is 0 Å². The number of halogens is 3. The number of anilines is 1. The molecule has 0 amide bonds. The molecule has 3 atom stereocenters. The quantitative estimate of drug-likeness (QED) is 0.617. The Morgan fingerprint density at radius 2 is 2.10 bits per heavy atom. The number of ether oxygens (including phenoxy) is 2. The van der Waals surface area contributed by atoms with Crippen molar-refractivity contribution in [3.8, 4) is 5.75 Å². The van der Waals surface area contributed by atoms with Gasteiger partial charge in [-0.25, -0.2) is 9.97 Å². The van der Waals surface area contributed by atoms with E-state index in [0.717, 1.165) is 29.6 Å². The highest BCUT2D eigenvalue weighted by Gasteiger charge is 2.35. The topological polar surface area (TPSA) is 72.1 Å². The minimum atomic E-state index is -4.49. The molecule has 1 fully saturated rings. The van der Waals surface area contributed by atoms with Crippen LogP contribution in [0.25, 0.3) is 11.0 Å². The first-order valence-electron chi connectivity index (χ1n) is 9.61. The van der Waals surface area contributed by atoms with Gasteiger partial charge in [-0.2, -0.15) is 24.9 Å². The number of nitrogens with zero attached hydrogens (tertiary/aromatic N) is 2. The average molecular weight is 436 g/mol. The summed E-state index contributed by atoms with van der Waals surface area (Å²) in [5.41, 5.74) is 0.153. The molecule has 2 aliphatic rings. The number of aromatic nitrogens is 3. The first kappa shape index (κ1) is 19.5. The molecular formula is C20H19F3N4O2S. The number of fused-ring (bicyclic) bond motifs is 2. The molecule has 10 heteroatoms. The lowest BCUT2D eigenvalue weighted by molar-refractivity contribution is -0.140. The number of para-hydroxylation sites is 1. The number of rotatable bonds is 5. The lowest BCUT2D eigenvalue weighted by Crippen LogP contribution is -2.39. The lowest BCUT2D eigenvalue weighted by Gasteiger charge is -2.36. The molecule has 2 aliphatic heterocycles. The Kier molecular flexibility index (Phi) is 4.98. The zero-order chi connectivity index (χ0) is 20.7. The van der Waals surface area contributed by atoms with Crippen molar-refractivity contribution in [2.45, 2.75) is 30.0 Å². The summed E-state index contributed by atoms with van der Waals surface area (Å²) in [4.78, 5) is 10.5. The average Bonchev–Trinajstić information content (AvgIpc) is 3.14. The molecule has 0 bridgehead atoms. The third-order valence-corrected chi connectivity index (χ3v) is 6.66. The van der Waals surface area contributed by atoms with E-state index < -0.39 is 11.9 Å². The highest BCUT2D eigenvalue weighted by atomic mass is 32.2. The van der Waals surface area contributed by atoms with Crippen molar-refractivity contribution in [2.75, 3.05) is 24.3 Å². The molecule has 2 N–H and O–H groups in total. The van der Waals surface area contributed by atoms with Gasteiger partial charge in [0.1, 0.15) is 41.9 Å². The van der Waals surface area contributed by atoms with Crippen LogP contribution in [-0.4, -0.2) is 45.3 Å². The summed E-state index contributed by atoms with van der Waals surface area (Å²) in [7, 11) is 0. The molecular weight excluding hydrogens is 417 g/mol. The van der Waals surface area contributed by atoms with Crippen LogP contribution in [-0.2, 0) is 10.9 Å². The third kappa shape index (κ3) is 3.69. The van der Waals surface area contributed by atoms with E-state index in [-0.39, 0.29) is 23.2 Å². The minimum absolute atomic E-state index is 0.128. The number of nitrogens with one attached hydrogen (secondary N) is 2. The van der Waals surface area contributed by atoms with Crippen molar-refractivity contribution in [3.05, 3.63) is 47.9 Å². The van der Waals surface area contributed by atoms with Gasteiger partial charge >= 0.3 is 6.18 Å². The minimum Gasteiger partial charge on any atom is -0.490 e. The van der Waals surface area contributed by atoms with Crippen molar-refractivity contribution in [1.29, 1.82) is 0 Å². The Hall–Kier alpha value is -2.46. The smallest absolute Gasteiger partial charge is 0.431 e. The number of hydrogen-bond donors (Lipinski definition) is 2. The summed E-state index contributed by atoms with van der Waals surface area (Å²) in [5, 5.41) is 4.06. The second-order valence-corrected chi connectivity index (χ2v) is 8.70. The molecule has 158 valence electrons. The normalized spacial score (nSPS) is 23.5. The summed E-state index contributed by atoms with van der Waals surface area (Å²) in [6, 6.07) is 8.29. The molecule has 0 spiro atoms. The van der Waals surface area contributed by atoms with E-state index in [2.05, 4.69) is 20.3 Å². The summed E-state index contributed by atoms with van der Waals surface area (Å²) in [6.45, 7) is 0.960. The Bertz CT molecular complexity index is 1050. The van der Waals surface area contributed by atoms with Gasteiger partial charge in [0.2, 0.25) is 0 Å². The molecule has 2 aromatic heterocycles. The Morgan fingerprint density at radius 3 is 2.87 bits per heavy atom. The number of benzene rings is 1. The fraction of sp³-hybridized carbons (Fsp3) is 0.400. The van der Waals surface area contributed by atoms with E-state index in [1.54, 1.807) is 0 Å². The van der Waals surface area contributed by atoms with Crippen molar-refractivity contribution in [3.63, 3.8) is 0 Å². The highest BCUT2D eigenvalue weighted by Crippen LogP contribution is 2.38. The number of alkyl halides is 3. The zero-order valence-corrected chi connectivity index (χ0v) is 16.6. The van der Waals surface area contributed by atoms with Crippen molar-refractivity contribution >= 4 is 28.6 Å². The predicted octanol–water partition coefficient (Wildman–Crippen LogP) is 4.41. The van der Waals surface area contributed by atoms with Crippen LogP contribution >= 0.6 is 11.8 Å². The van der Waals surface area contributed by atoms with Crippen LogP contribution in [0.15, 0.2) is 36.7 Å². The predicted molar refractivity (Wildman–Crippen MR) is 108 cm³/mol. The van der Waals surface area contributed by atoms with Crippen LogP contribution in [0, 0.1) is 0 Å². The first-order chi connectivity index (χ1) is 14.5. The molecule has 30 heavy (non-hydrogen) atoms. The zero-order valence-electron chi connectivity index (χ0n) is 15.8. The van der Waals surface area contributed by atoms with Gasteiger partial charge in [-0.05, 0) is 24.3 Å². The number of thioether (sulfide) groups is 1. The lowest BCUT2D eigenvalue weighted by atomic mass is 9.98. The van der Waals surface area contributed by atoms with Gasteiger partial charge in [-0.3, -0.25) is 0 Å². The Morgan fingerprint density at radius 1 is 1.27 bits per heavy atom. The van der Waals surface area contributed by atoms with Crippen LogP contribution < -0.4 is 10.1 Å². The maximum absolute atomic E-state index is 13.2. The molecule has 5 rings (SSSR count). The largest absolute Gasteiger partial charge is 0.490 e. The fourth-order valence-corrected chi connectivity index (χ4v) is 4.40. The Labute approximate surface area is 174 Å². The van der Waals surface area contributed by atoms with Gasteiger partial charge < -0.3 is 19.8 Å². The number of hydrogen-bond acceptors (Lipinski definition) is 6. The Balaban J connectivity index is 1.47. The molecule has 0 aliphatic carbocycles. The van der Waals surface area contributed by atoms with Crippen LogP contribution in [0.2, 0.25) is 0 Å². The molecule has 4 heterocycles. The molecule has 2 unspecified atom stereocenters. The number of aromatic amines is 1. The summed E-state index contributed by atoms with van der Waals surface area (Å²) in [6.07, 6.45) is -2.42. The second-order valence-electron chi connectivity index (χ2n) is 7.29. The van der Waals surface area contributed by atoms with Gasteiger partial charge in [-0.1, -0.05) is 18.2 Å². The van der Waals surface area contributed by atoms with E-state index in [4.69, 9.17) is 9.47 Å². The van der Waals surface area contributed by atoms with E-state index in [1.165, 1.54) is 6.33 Å². The van der Waals surface area contributed by atoms with Gasteiger partial charge in [0.05, 0.1) is 18.0 Å². The summed E-state index contributed by atoms with van der Waals surface area (Å²) >= 11 is 1.87. The third-order valence-electron chi connectivity index (χ3n) is 5.34. The van der Waals surface area contributed by atoms with Crippen molar-refractivity contribution < 1.29 is 22.6 Å². The standard InChI is InChI=1S/C20H19F3N4O2S/c21-20(22,23)16-7-13-18(26-16)24-10-25-19(13)27-17-12-3-1-2-4-14(12)29-9-15(17)28-8-11-5-6-30-11/h1-4,7,10-11,15,17H,5-6,8-9H2,(H2,24,25,26,27)/t11?,15?,17-/m0/s1. The maximum atomic E-state index is 13.2. The molecule has 1 aromatic carbocycles. The molecule has 0 saturated carbocycles. The van der Waals surface area contributed by atoms with Crippen molar-refractivity contribution in [1.82, 2.24) is 15.0 Å². The van der Waals surface area contributed by atoms with Crippen LogP contribution in [0.3, 0.4) is 0 Å². The summed E-state index contributed by atoms with van der Waals surface area (Å²) in [5.74, 6) is 2.19. The monoisotopic (exact) mass is 436 g/mol. The van der Waals surface area contributed by atoms with Gasteiger partial charge in [0.15, 0.2) is 0 Å². The number of H-pyrrole nitrogens is 1. The van der Waals surface area contributed by atoms with E-state index in [9.17, 15) is 13.2 Å². The van der Waals surface area contributed by atoms with E-state index in [0.29, 0.717) is 24.3 Å². The second kappa shape index (κ2) is 7.66. The molecule has 3 aromatic rings. The molecule has 6 nitrogen and oxygen atoms in total. The van der Waals surface area contributed by atoms with E-state index >= 15 is 0 Å². The maximum Gasteiger partial charge on any atom is 0.431 e. The van der Waals surface area contributed by atoms with Crippen LogP contribution in [0.4, 0.5) is 19.0 Å². The van der Waals surface area contributed by atoms with Crippen molar-refractivity contribution in [2.24, 2.45) is 0 Å². The van der Waals surface area contributed by atoms with Gasteiger partial charge in [0, 0.05) is 10.8 Å².